The lowest BCUT2D eigenvalue weighted by Crippen LogP contribution is -2.20. The topological polar surface area (TPSA) is 117 Å². The van der Waals surface area contributed by atoms with Crippen molar-refractivity contribution in [1.29, 1.82) is 0 Å². The molecule has 1 heterocycles. The van der Waals surface area contributed by atoms with Crippen LogP contribution in [0.1, 0.15) is 35.7 Å². The average molecular weight is 395 g/mol. The molecule has 9 heteroatoms. The molecular formula is C20H21N5O4. The van der Waals surface area contributed by atoms with Crippen molar-refractivity contribution in [1.82, 2.24) is 5.43 Å². The molecule has 29 heavy (non-hydrogen) atoms. The Morgan fingerprint density at radius 1 is 1.17 bits per heavy atom. The van der Waals surface area contributed by atoms with Gasteiger partial charge in [0.2, 0.25) is 5.91 Å². The minimum Gasteiger partial charge on any atom is -0.371 e. The van der Waals surface area contributed by atoms with Crippen LogP contribution in [-0.2, 0) is 4.79 Å². The van der Waals surface area contributed by atoms with Crippen LogP contribution in [-0.4, -0.2) is 36.0 Å². The fraction of sp³-hybridized carbons (Fsp3) is 0.250. The van der Waals surface area contributed by atoms with Gasteiger partial charge in [-0.3, -0.25) is 19.7 Å². The summed E-state index contributed by atoms with van der Waals surface area (Å²) in [5, 5.41) is 17.7. The first-order valence-corrected chi connectivity index (χ1v) is 9.18. The molecule has 150 valence electrons. The Balaban J connectivity index is 1.76. The highest BCUT2D eigenvalue weighted by molar-refractivity contribution is 5.97. The number of rotatable bonds is 6. The van der Waals surface area contributed by atoms with E-state index in [0.717, 1.165) is 31.6 Å². The molecule has 3 rings (SSSR count). The van der Waals surface area contributed by atoms with Gasteiger partial charge in [-0.05, 0) is 37.1 Å². The number of hydrazone groups is 1. The Kier molecular flexibility index (Phi) is 6.18. The third-order valence-corrected chi connectivity index (χ3v) is 4.48. The average Bonchev–Trinajstić information content (AvgIpc) is 3.22. The smallest absolute Gasteiger partial charge is 0.271 e. The van der Waals surface area contributed by atoms with Gasteiger partial charge in [0.05, 0.1) is 11.1 Å². The van der Waals surface area contributed by atoms with Crippen LogP contribution >= 0.6 is 0 Å². The Morgan fingerprint density at radius 2 is 1.93 bits per heavy atom. The van der Waals surface area contributed by atoms with Crippen molar-refractivity contribution < 1.29 is 14.5 Å². The third-order valence-electron chi connectivity index (χ3n) is 4.48. The maximum Gasteiger partial charge on any atom is 0.271 e. The standard InChI is InChI=1S/C20H21N5O4/c1-14(26)22-17-6-4-5-15(11-17)20(27)23-21-13-16-12-18(25(28)29)7-8-19(16)24-9-2-3-10-24/h4-8,11-13H,2-3,9-10H2,1H3,(H,22,26)(H,23,27). The summed E-state index contributed by atoms with van der Waals surface area (Å²) in [6.07, 6.45) is 3.54. The lowest BCUT2D eigenvalue weighted by Gasteiger charge is -2.19. The Bertz CT molecular complexity index is 967. The summed E-state index contributed by atoms with van der Waals surface area (Å²) in [6.45, 7) is 3.13. The van der Waals surface area contributed by atoms with Gasteiger partial charge in [0.15, 0.2) is 0 Å². The van der Waals surface area contributed by atoms with Gasteiger partial charge in [-0.25, -0.2) is 5.43 Å². The summed E-state index contributed by atoms with van der Waals surface area (Å²) < 4.78 is 0. The van der Waals surface area contributed by atoms with Crippen molar-refractivity contribution in [2.24, 2.45) is 5.10 Å². The molecule has 2 N–H and O–H groups in total. The van der Waals surface area contributed by atoms with Crippen LogP contribution in [0.15, 0.2) is 47.6 Å². The van der Waals surface area contributed by atoms with Gasteiger partial charge in [-0.15, -0.1) is 0 Å². The summed E-state index contributed by atoms with van der Waals surface area (Å²) in [5.41, 5.74) is 4.63. The monoisotopic (exact) mass is 395 g/mol. The lowest BCUT2D eigenvalue weighted by atomic mass is 10.1. The first kappa shape index (κ1) is 20.0. The van der Waals surface area contributed by atoms with Crippen molar-refractivity contribution in [3.05, 3.63) is 63.7 Å². The van der Waals surface area contributed by atoms with Crippen LogP contribution in [0.3, 0.4) is 0 Å². The lowest BCUT2D eigenvalue weighted by molar-refractivity contribution is -0.384. The van der Waals surface area contributed by atoms with Crippen molar-refractivity contribution in [3.8, 4) is 0 Å². The number of carbonyl (C=O) groups is 2. The van der Waals surface area contributed by atoms with Gasteiger partial charge >= 0.3 is 0 Å². The number of benzene rings is 2. The number of hydrogen-bond donors (Lipinski definition) is 2. The Morgan fingerprint density at radius 3 is 2.62 bits per heavy atom. The second-order valence-corrected chi connectivity index (χ2v) is 6.66. The van der Waals surface area contributed by atoms with Gasteiger partial charge in [-0.2, -0.15) is 5.10 Å². The van der Waals surface area contributed by atoms with Gasteiger partial charge in [0, 0.05) is 54.6 Å². The van der Waals surface area contributed by atoms with Crippen LogP contribution in [0.2, 0.25) is 0 Å². The Labute approximate surface area is 167 Å². The summed E-state index contributed by atoms with van der Waals surface area (Å²) >= 11 is 0. The van der Waals surface area contributed by atoms with Crippen molar-refractivity contribution in [2.75, 3.05) is 23.3 Å². The molecule has 2 amide bonds. The predicted octanol–water partition coefficient (Wildman–Crippen LogP) is 2.92. The fourth-order valence-electron chi connectivity index (χ4n) is 3.17. The van der Waals surface area contributed by atoms with E-state index in [2.05, 4.69) is 20.7 Å². The molecule has 0 atom stereocenters. The molecule has 1 aliphatic heterocycles. The van der Waals surface area contributed by atoms with Crippen molar-refractivity contribution in [3.63, 3.8) is 0 Å². The molecule has 0 spiro atoms. The molecule has 2 aromatic rings. The SMILES string of the molecule is CC(=O)Nc1cccc(C(=O)NN=Cc2cc([N+](=O)[O-])ccc2N2CCCC2)c1. The van der Waals surface area contributed by atoms with E-state index >= 15 is 0 Å². The highest BCUT2D eigenvalue weighted by atomic mass is 16.6. The van der Waals surface area contributed by atoms with E-state index in [9.17, 15) is 19.7 Å². The van der Waals surface area contributed by atoms with Gasteiger partial charge in [0.1, 0.15) is 0 Å². The molecular weight excluding hydrogens is 374 g/mol. The highest BCUT2D eigenvalue weighted by Crippen LogP contribution is 2.27. The van der Waals surface area contributed by atoms with Crippen molar-refractivity contribution >= 4 is 35.1 Å². The van der Waals surface area contributed by atoms with E-state index in [1.54, 1.807) is 24.3 Å². The molecule has 0 bridgehead atoms. The zero-order chi connectivity index (χ0) is 20.8. The second-order valence-electron chi connectivity index (χ2n) is 6.66. The summed E-state index contributed by atoms with van der Waals surface area (Å²) in [5.74, 6) is -0.692. The number of amides is 2. The molecule has 0 aromatic heterocycles. The predicted molar refractivity (Wildman–Crippen MR) is 110 cm³/mol. The number of nitrogens with one attached hydrogen (secondary N) is 2. The van der Waals surface area contributed by atoms with E-state index < -0.39 is 10.8 Å². The maximum atomic E-state index is 12.3. The summed E-state index contributed by atoms with van der Waals surface area (Å²) in [6, 6.07) is 11.1. The molecule has 1 fully saturated rings. The molecule has 1 saturated heterocycles. The number of nitro groups is 1. The summed E-state index contributed by atoms with van der Waals surface area (Å²) in [7, 11) is 0. The van der Waals surface area contributed by atoms with Gasteiger partial charge in [0.25, 0.3) is 11.6 Å². The van der Waals surface area contributed by atoms with E-state index in [0.29, 0.717) is 16.8 Å². The highest BCUT2D eigenvalue weighted by Gasteiger charge is 2.18. The minimum absolute atomic E-state index is 0.0382. The quantitative estimate of drug-likeness (QED) is 0.443. The van der Waals surface area contributed by atoms with Crippen LogP contribution in [0, 0.1) is 10.1 Å². The molecule has 9 nitrogen and oxygen atoms in total. The van der Waals surface area contributed by atoms with Crippen LogP contribution in [0.25, 0.3) is 0 Å². The zero-order valence-electron chi connectivity index (χ0n) is 15.9. The number of nitrogens with zero attached hydrogens (tertiary/aromatic N) is 3. The van der Waals surface area contributed by atoms with E-state index in [4.69, 9.17) is 0 Å². The molecule has 0 aliphatic carbocycles. The van der Waals surface area contributed by atoms with E-state index in [1.807, 2.05) is 0 Å². The first-order valence-electron chi connectivity index (χ1n) is 9.18. The number of non-ortho nitro benzene ring substituents is 1. The number of carbonyl (C=O) groups excluding carboxylic acids is 2. The Hall–Kier alpha value is -3.75. The molecule has 0 unspecified atom stereocenters. The van der Waals surface area contributed by atoms with E-state index in [-0.39, 0.29) is 11.6 Å². The van der Waals surface area contributed by atoms with Gasteiger partial charge in [-0.1, -0.05) is 6.07 Å². The molecule has 2 aromatic carbocycles. The fourth-order valence-corrected chi connectivity index (χ4v) is 3.17. The van der Waals surface area contributed by atoms with Crippen LogP contribution < -0.4 is 15.6 Å². The third kappa shape index (κ3) is 5.16. The summed E-state index contributed by atoms with van der Waals surface area (Å²) in [4.78, 5) is 36.3. The molecule has 1 aliphatic rings. The number of nitro benzene ring substituents is 1. The van der Waals surface area contributed by atoms with Crippen molar-refractivity contribution in [2.45, 2.75) is 19.8 Å². The maximum absolute atomic E-state index is 12.3. The molecule has 0 radical (unpaired) electrons. The first-order chi connectivity index (χ1) is 13.9. The van der Waals surface area contributed by atoms with Crippen LogP contribution in [0.4, 0.5) is 17.1 Å². The van der Waals surface area contributed by atoms with E-state index in [1.165, 1.54) is 31.3 Å². The minimum atomic E-state index is -0.461. The second kappa shape index (κ2) is 8.96. The largest absolute Gasteiger partial charge is 0.371 e. The van der Waals surface area contributed by atoms with Gasteiger partial charge < -0.3 is 10.2 Å². The normalized spacial score (nSPS) is 13.5. The molecule has 0 saturated carbocycles. The number of anilines is 2. The zero-order valence-corrected chi connectivity index (χ0v) is 15.9. The number of hydrogen-bond acceptors (Lipinski definition) is 6. The van der Waals surface area contributed by atoms with Crippen LogP contribution in [0.5, 0.6) is 0 Å².